The molecule has 1 rings (SSSR count). The van der Waals surface area contributed by atoms with Gasteiger partial charge in [-0.25, -0.2) is 0 Å². The molecule has 7 heteroatoms. The highest BCUT2D eigenvalue weighted by atomic mass is 16.4. The third-order valence-corrected chi connectivity index (χ3v) is 2.53. The number of anilines is 1. The van der Waals surface area contributed by atoms with Crippen LogP contribution < -0.4 is 10.6 Å². The van der Waals surface area contributed by atoms with E-state index < -0.39 is 0 Å². The molecule has 0 saturated heterocycles. The Morgan fingerprint density at radius 3 is 2.63 bits per heavy atom. The summed E-state index contributed by atoms with van der Waals surface area (Å²) in [5, 5.41) is 13.8. The summed E-state index contributed by atoms with van der Waals surface area (Å²) in [6.45, 7) is 9.41. The highest BCUT2D eigenvalue weighted by Gasteiger charge is 2.13. The Kier molecular flexibility index (Phi) is 5.29. The normalized spacial score (nSPS) is 11.4. The van der Waals surface area contributed by atoms with E-state index in [9.17, 15) is 4.79 Å². The van der Waals surface area contributed by atoms with Crippen LogP contribution in [0.25, 0.3) is 0 Å². The van der Waals surface area contributed by atoms with Crippen LogP contribution in [0.5, 0.6) is 0 Å². The number of likely N-dealkylation sites (N-methyl/N-ethyl adjacent to an activating group) is 1. The summed E-state index contributed by atoms with van der Waals surface area (Å²) in [4.78, 5) is 13.2. The van der Waals surface area contributed by atoms with Gasteiger partial charge in [0, 0.05) is 19.1 Å². The molecule has 0 bridgehead atoms. The molecule has 0 atom stereocenters. The van der Waals surface area contributed by atoms with Crippen molar-refractivity contribution >= 4 is 11.9 Å². The molecule has 0 saturated carbocycles. The third kappa shape index (κ3) is 5.69. The van der Waals surface area contributed by atoms with E-state index in [0.29, 0.717) is 19.0 Å². The fraction of sp³-hybridized carbons (Fsp3) is 0.750. The molecule has 108 valence electrons. The van der Waals surface area contributed by atoms with Gasteiger partial charge < -0.3 is 20.0 Å². The molecule has 0 spiro atoms. The molecule has 0 aromatic carbocycles. The maximum absolute atomic E-state index is 11.6. The molecule has 0 unspecified atom stereocenters. The Balaban J connectivity index is 2.41. The van der Waals surface area contributed by atoms with Crippen molar-refractivity contribution in [3.63, 3.8) is 0 Å². The molecule has 0 radical (unpaired) electrons. The van der Waals surface area contributed by atoms with Gasteiger partial charge in [0.25, 0.3) is 0 Å². The molecule has 0 fully saturated rings. The summed E-state index contributed by atoms with van der Waals surface area (Å²) in [7, 11) is 1.75. The minimum absolute atomic E-state index is 0.0120. The van der Waals surface area contributed by atoms with Crippen molar-refractivity contribution in [3.05, 3.63) is 5.89 Å². The van der Waals surface area contributed by atoms with Crippen LogP contribution in [0.4, 0.5) is 6.01 Å². The second-order valence-electron chi connectivity index (χ2n) is 5.37. The monoisotopic (exact) mass is 269 g/mol. The van der Waals surface area contributed by atoms with Crippen molar-refractivity contribution in [2.75, 3.05) is 25.5 Å². The van der Waals surface area contributed by atoms with E-state index in [1.807, 2.05) is 6.92 Å². The largest absolute Gasteiger partial charge is 0.407 e. The summed E-state index contributed by atoms with van der Waals surface area (Å²) >= 11 is 0. The summed E-state index contributed by atoms with van der Waals surface area (Å²) in [6.07, 6.45) is 0. The predicted octanol–water partition coefficient (Wildman–Crippen LogP) is 0.848. The van der Waals surface area contributed by atoms with Crippen LogP contribution in [0.2, 0.25) is 0 Å². The van der Waals surface area contributed by atoms with Crippen molar-refractivity contribution in [3.8, 4) is 0 Å². The Hall–Kier alpha value is -1.63. The van der Waals surface area contributed by atoms with Gasteiger partial charge in [0.1, 0.15) is 0 Å². The second kappa shape index (κ2) is 6.51. The van der Waals surface area contributed by atoms with Crippen LogP contribution in [0.1, 0.15) is 33.6 Å². The van der Waals surface area contributed by atoms with Gasteiger partial charge in [-0.1, -0.05) is 5.10 Å². The fourth-order valence-electron chi connectivity index (χ4n) is 1.20. The van der Waals surface area contributed by atoms with Crippen molar-refractivity contribution in [2.24, 2.45) is 0 Å². The van der Waals surface area contributed by atoms with Gasteiger partial charge in [-0.2, -0.15) is 0 Å². The van der Waals surface area contributed by atoms with Gasteiger partial charge in [0.2, 0.25) is 11.8 Å². The van der Waals surface area contributed by atoms with E-state index in [0.717, 1.165) is 0 Å². The lowest BCUT2D eigenvalue weighted by atomic mass is 10.1. The zero-order valence-electron chi connectivity index (χ0n) is 12.3. The first-order valence-corrected chi connectivity index (χ1v) is 6.37. The smallest absolute Gasteiger partial charge is 0.315 e. The number of amides is 1. The van der Waals surface area contributed by atoms with Crippen LogP contribution in [-0.4, -0.2) is 46.7 Å². The highest BCUT2D eigenvalue weighted by Crippen LogP contribution is 2.07. The van der Waals surface area contributed by atoms with Crippen LogP contribution in [0, 0.1) is 0 Å². The van der Waals surface area contributed by atoms with Gasteiger partial charge >= 0.3 is 6.01 Å². The number of carbonyl (C=O) groups excluding carboxylic acids is 1. The summed E-state index contributed by atoms with van der Waals surface area (Å²) in [5.41, 5.74) is -0.0120. The predicted molar refractivity (Wildman–Crippen MR) is 72.7 cm³/mol. The number of nitrogens with one attached hydrogen (secondary N) is 2. The zero-order chi connectivity index (χ0) is 14.5. The average molecular weight is 269 g/mol. The van der Waals surface area contributed by atoms with E-state index in [2.05, 4.69) is 41.6 Å². The van der Waals surface area contributed by atoms with E-state index in [4.69, 9.17) is 4.42 Å². The molecule has 0 aliphatic rings. The minimum Gasteiger partial charge on any atom is -0.407 e. The first-order chi connectivity index (χ1) is 8.81. The number of rotatable bonds is 6. The molecular formula is C12H23N5O2. The number of hydrogen-bond donors (Lipinski definition) is 2. The van der Waals surface area contributed by atoms with Crippen LogP contribution >= 0.6 is 0 Å². The number of carbonyl (C=O) groups is 1. The maximum atomic E-state index is 11.6. The number of aromatic nitrogens is 2. The van der Waals surface area contributed by atoms with Crippen LogP contribution in [-0.2, 0) is 11.3 Å². The lowest BCUT2D eigenvalue weighted by Gasteiger charge is -2.18. The Morgan fingerprint density at radius 1 is 1.37 bits per heavy atom. The molecular weight excluding hydrogens is 246 g/mol. The minimum atomic E-state index is -0.0185. The van der Waals surface area contributed by atoms with Gasteiger partial charge in [-0.3, -0.25) is 4.79 Å². The van der Waals surface area contributed by atoms with Gasteiger partial charge in [-0.05, 0) is 27.7 Å². The molecule has 1 heterocycles. The average Bonchev–Trinajstić information content (AvgIpc) is 2.79. The maximum Gasteiger partial charge on any atom is 0.315 e. The van der Waals surface area contributed by atoms with Crippen LogP contribution in [0.3, 0.4) is 0 Å². The standard InChI is InChI=1S/C12H23N5O2/c1-6-17(5)10(18)8-13-11-16-15-9(19-11)7-14-12(2,3)4/h14H,6-8H2,1-5H3,(H,13,16). The first kappa shape index (κ1) is 15.4. The fourth-order valence-corrected chi connectivity index (χ4v) is 1.20. The lowest BCUT2D eigenvalue weighted by Crippen LogP contribution is -2.35. The lowest BCUT2D eigenvalue weighted by molar-refractivity contribution is -0.127. The summed E-state index contributed by atoms with van der Waals surface area (Å²) < 4.78 is 5.38. The van der Waals surface area contributed by atoms with E-state index in [1.165, 1.54) is 0 Å². The molecule has 1 amide bonds. The van der Waals surface area contributed by atoms with Crippen molar-refractivity contribution in [1.82, 2.24) is 20.4 Å². The van der Waals surface area contributed by atoms with E-state index in [-0.39, 0.29) is 24.0 Å². The van der Waals surface area contributed by atoms with Crippen LogP contribution in [0.15, 0.2) is 4.42 Å². The summed E-state index contributed by atoms with van der Waals surface area (Å²) in [5.74, 6) is 0.476. The topological polar surface area (TPSA) is 83.3 Å². The van der Waals surface area contributed by atoms with Crippen molar-refractivity contribution in [1.29, 1.82) is 0 Å². The molecule has 0 aliphatic carbocycles. The molecule has 2 N–H and O–H groups in total. The Bertz CT molecular complexity index is 410. The molecule has 0 aliphatic heterocycles. The quantitative estimate of drug-likeness (QED) is 0.796. The highest BCUT2D eigenvalue weighted by molar-refractivity contribution is 5.79. The van der Waals surface area contributed by atoms with Gasteiger partial charge in [-0.15, -0.1) is 5.10 Å². The molecule has 1 aromatic rings. The molecule has 1 aromatic heterocycles. The Labute approximate surface area is 113 Å². The second-order valence-corrected chi connectivity index (χ2v) is 5.37. The third-order valence-electron chi connectivity index (χ3n) is 2.53. The molecule has 7 nitrogen and oxygen atoms in total. The first-order valence-electron chi connectivity index (χ1n) is 6.37. The Morgan fingerprint density at radius 2 is 2.05 bits per heavy atom. The SMILES string of the molecule is CCN(C)C(=O)CNc1nnc(CNC(C)(C)C)o1. The van der Waals surface area contributed by atoms with E-state index in [1.54, 1.807) is 11.9 Å². The van der Waals surface area contributed by atoms with Gasteiger partial charge in [0.15, 0.2) is 0 Å². The van der Waals surface area contributed by atoms with Crippen molar-refractivity contribution < 1.29 is 9.21 Å². The van der Waals surface area contributed by atoms with E-state index >= 15 is 0 Å². The zero-order valence-corrected chi connectivity index (χ0v) is 12.3. The number of hydrogen-bond acceptors (Lipinski definition) is 6. The van der Waals surface area contributed by atoms with Crippen molar-refractivity contribution in [2.45, 2.75) is 39.8 Å². The molecule has 19 heavy (non-hydrogen) atoms. The summed E-state index contributed by atoms with van der Waals surface area (Å²) in [6, 6.07) is 0.267. The number of nitrogens with zero attached hydrogens (tertiary/aromatic N) is 3. The van der Waals surface area contributed by atoms with Gasteiger partial charge in [0.05, 0.1) is 13.1 Å².